The molecule has 7 aromatic carbocycles. The minimum atomic E-state index is -5.85. The summed E-state index contributed by atoms with van der Waals surface area (Å²) in [6.07, 6.45) is -11.7. The summed E-state index contributed by atoms with van der Waals surface area (Å²) >= 11 is 0. The first kappa shape index (κ1) is 47.4. The van der Waals surface area contributed by atoms with Gasteiger partial charge in [-0.15, -0.1) is 0 Å². The Morgan fingerprint density at radius 3 is 1.16 bits per heavy atom. The summed E-state index contributed by atoms with van der Waals surface area (Å²) < 4.78 is 109. The van der Waals surface area contributed by atoms with E-state index in [1.165, 1.54) is 0 Å². The van der Waals surface area contributed by atoms with Crippen LogP contribution in [0.3, 0.4) is 0 Å². The number of carbonyl (C=O) groups is 2. The lowest BCUT2D eigenvalue weighted by Gasteiger charge is -2.38. The number of carbonyl (C=O) groups excluding carboxylic acids is 2. The summed E-state index contributed by atoms with van der Waals surface area (Å²) in [6, 6.07) is 45.7. The SMILES string of the molecule is COc1ccc(C(C)(c2ccc(OC(=O)COc3ccc(C(c4ccc(OC(C)=O)cc4)(C(F)(F)F)C(F)(F)F)cc3)cc2)c2ccc(N(c3ccc(C)cc3)c3ccc(C)cc3)cc2)cc1. The number of halogens is 6. The molecule has 0 heterocycles. The lowest BCUT2D eigenvalue weighted by atomic mass is 9.71. The summed E-state index contributed by atoms with van der Waals surface area (Å²) in [7, 11) is 1.60. The van der Waals surface area contributed by atoms with E-state index in [9.17, 15) is 35.9 Å². The fourth-order valence-corrected chi connectivity index (χ4v) is 8.08. The number of hydrogen-bond acceptors (Lipinski definition) is 7. The summed E-state index contributed by atoms with van der Waals surface area (Å²) in [5, 5.41) is 0. The molecule has 1 unspecified atom stereocenters. The van der Waals surface area contributed by atoms with Crippen LogP contribution in [-0.4, -0.2) is 38.0 Å². The number of anilines is 3. The Bertz CT molecular complexity index is 2730. The van der Waals surface area contributed by atoms with E-state index < -0.39 is 52.9 Å². The number of alkyl halides is 6. The third-order valence-electron chi connectivity index (χ3n) is 11.7. The molecule has 67 heavy (non-hydrogen) atoms. The monoisotopic (exact) mass is 917 g/mol. The second kappa shape index (κ2) is 19.1. The first-order valence-corrected chi connectivity index (χ1v) is 21.0. The zero-order valence-corrected chi connectivity index (χ0v) is 37.0. The first-order chi connectivity index (χ1) is 31.8. The number of ether oxygens (including phenoxy) is 4. The van der Waals surface area contributed by atoms with E-state index in [0.29, 0.717) is 30.0 Å². The van der Waals surface area contributed by atoms with Crippen molar-refractivity contribution in [2.45, 2.75) is 50.9 Å². The molecule has 7 nitrogen and oxygen atoms in total. The van der Waals surface area contributed by atoms with E-state index in [2.05, 4.69) is 84.6 Å². The van der Waals surface area contributed by atoms with Gasteiger partial charge in [-0.3, -0.25) is 4.79 Å². The minimum absolute atomic E-state index is 0.173. The molecule has 7 aromatic rings. The van der Waals surface area contributed by atoms with E-state index in [1.54, 1.807) is 19.2 Å². The Morgan fingerprint density at radius 2 is 0.791 bits per heavy atom. The van der Waals surface area contributed by atoms with Crippen LogP contribution in [-0.2, 0) is 20.4 Å². The number of benzene rings is 7. The maximum Gasteiger partial charge on any atom is 0.411 e. The van der Waals surface area contributed by atoms with Crippen LogP contribution in [0.25, 0.3) is 0 Å². The normalized spacial score (nSPS) is 12.7. The standard InChI is InChI=1S/C54H45F6NO6/c1-35-6-20-43(21-7-35)61(44-22-8-36(2)9-23-44)45-24-10-38(11-25-45)51(4,39-12-26-46(64-5)27-13-39)40-14-30-49(31-15-40)67-50(63)34-65-47-28-16-41(17-29-47)52(53(55,56)57,54(58,59)60)42-18-32-48(33-19-42)66-37(3)62/h6-33H,34H2,1-5H3. The third-order valence-corrected chi connectivity index (χ3v) is 11.7. The Kier molecular flexibility index (Phi) is 13.5. The molecule has 0 spiro atoms. The van der Waals surface area contributed by atoms with Crippen molar-refractivity contribution in [3.05, 3.63) is 209 Å². The van der Waals surface area contributed by atoms with Crippen LogP contribution in [0.1, 0.15) is 52.8 Å². The molecule has 0 fully saturated rings. The second-order valence-electron chi connectivity index (χ2n) is 16.1. The van der Waals surface area contributed by atoms with Crippen LogP contribution in [0.15, 0.2) is 170 Å². The van der Waals surface area contributed by atoms with Crippen molar-refractivity contribution in [1.82, 2.24) is 0 Å². The van der Waals surface area contributed by atoms with E-state index in [0.717, 1.165) is 76.1 Å². The molecule has 0 amide bonds. The predicted octanol–water partition coefficient (Wildman–Crippen LogP) is 13.5. The van der Waals surface area contributed by atoms with Gasteiger partial charge in [0.1, 0.15) is 23.0 Å². The number of nitrogens with zero attached hydrogens (tertiary/aromatic N) is 1. The Hall–Kier alpha value is -7.54. The fraction of sp³-hybridized carbons (Fsp3) is 0.185. The molecular formula is C54H45F6NO6. The van der Waals surface area contributed by atoms with E-state index in [-0.39, 0.29) is 17.2 Å². The average molecular weight is 918 g/mol. The quantitative estimate of drug-likeness (QED) is 0.0466. The highest BCUT2D eigenvalue weighted by Gasteiger charge is 2.72. The highest BCUT2D eigenvalue weighted by atomic mass is 19.4. The van der Waals surface area contributed by atoms with Crippen LogP contribution in [0, 0.1) is 13.8 Å². The molecule has 0 saturated carbocycles. The lowest BCUT2D eigenvalue weighted by Crippen LogP contribution is -2.54. The van der Waals surface area contributed by atoms with Crippen LogP contribution in [0.2, 0.25) is 0 Å². The number of aryl methyl sites for hydroxylation is 2. The summed E-state index contributed by atoms with van der Waals surface area (Å²) in [5.41, 5.74) is 0.593. The zero-order valence-electron chi connectivity index (χ0n) is 37.0. The smallest absolute Gasteiger partial charge is 0.411 e. The molecule has 344 valence electrons. The van der Waals surface area contributed by atoms with Crippen LogP contribution in [0.4, 0.5) is 43.4 Å². The van der Waals surface area contributed by atoms with Gasteiger partial charge in [-0.1, -0.05) is 96.1 Å². The maximum absolute atomic E-state index is 14.7. The molecule has 0 bridgehead atoms. The number of hydrogen-bond donors (Lipinski definition) is 0. The van der Waals surface area contributed by atoms with Crippen molar-refractivity contribution >= 4 is 29.0 Å². The highest BCUT2D eigenvalue weighted by Crippen LogP contribution is 2.56. The largest absolute Gasteiger partial charge is 0.497 e. The van der Waals surface area contributed by atoms with E-state index >= 15 is 0 Å². The fourth-order valence-electron chi connectivity index (χ4n) is 8.08. The van der Waals surface area contributed by atoms with Crippen molar-refractivity contribution in [2.24, 2.45) is 0 Å². The van der Waals surface area contributed by atoms with Crippen LogP contribution in [0.5, 0.6) is 23.0 Å². The summed E-state index contributed by atoms with van der Waals surface area (Å²) in [5.74, 6) is -1.22. The zero-order chi connectivity index (χ0) is 48.1. The van der Waals surface area contributed by atoms with Gasteiger partial charge in [-0.2, -0.15) is 26.3 Å². The molecule has 1 atom stereocenters. The van der Waals surface area contributed by atoms with Gasteiger partial charge in [0.2, 0.25) is 5.41 Å². The predicted molar refractivity (Wildman–Crippen MR) is 244 cm³/mol. The molecule has 0 aromatic heterocycles. The Labute approximate surface area is 384 Å². The second-order valence-corrected chi connectivity index (χ2v) is 16.1. The first-order valence-electron chi connectivity index (χ1n) is 21.0. The number of esters is 2. The summed E-state index contributed by atoms with van der Waals surface area (Å²) in [4.78, 5) is 26.4. The molecule has 0 aliphatic carbocycles. The van der Waals surface area contributed by atoms with Gasteiger partial charge in [0.15, 0.2) is 6.61 Å². The maximum atomic E-state index is 14.7. The molecule has 0 saturated heterocycles. The van der Waals surface area contributed by atoms with Gasteiger partial charge in [-0.25, -0.2) is 4.79 Å². The van der Waals surface area contributed by atoms with Crippen molar-refractivity contribution in [1.29, 1.82) is 0 Å². The van der Waals surface area contributed by atoms with E-state index in [1.807, 2.05) is 50.2 Å². The lowest BCUT2D eigenvalue weighted by molar-refractivity contribution is -0.288. The van der Waals surface area contributed by atoms with Gasteiger partial charge in [0.25, 0.3) is 0 Å². The third kappa shape index (κ3) is 9.86. The Morgan fingerprint density at radius 1 is 0.463 bits per heavy atom. The van der Waals surface area contributed by atoms with Gasteiger partial charge in [0.05, 0.1) is 7.11 Å². The summed E-state index contributed by atoms with van der Waals surface area (Å²) in [6.45, 7) is 6.52. The van der Waals surface area contributed by atoms with Crippen molar-refractivity contribution in [3.8, 4) is 23.0 Å². The topological polar surface area (TPSA) is 74.3 Å². The molecule has 0 aliphatic rings. The van der Waals surface area contributed by atoms with Crippen molar-refractivity contribution in [3.63, 3.8) is 0 Å². The molecule has 0 radical (unpaired) electrons. The molecule has 0 N–H and O–H groups in total. The van der Waals surface area contributed by atoms with Gasteiger partial charge < -0.3 is 23.8 Å². The van der Waals surface area contributed by atoms with Gasteiger partial charge >= 0.3 is 24.3 Å². The molecular weight excluding hydrogens is 873 g/mol. The molecule has 13 heteroatoms. The van der Waals surface area contributed by atoms with E-state index in [4.69, 9.17) is 18.9 Å². The molecule has 7 rings (SSSR count). The minimum Gasteiger partial charge on any atom is -0.497 e. The van der Waals surface area contributed by atoms with Crippen LogP contribution < -0.4 is 23.8 Å². The van der Waals surface area contributed by atoms with Crippen molar-refractivity contribution < 1.29 is 54.9 Å². The van der Waals surface area contributed by atoms with Crippen molar-refractivity contribution in [2.75, 3.05) is 18.6 Å². The highest BCUT2D eigenvalue weighted by molar-refractivity contribution is 5.77. The van der Waals surface area contributed by atoms with Gasteiger partial charge in [-0.05, 0) is 134 Å². The average Bonchev–Trinajstić information content (AvgIpc) is 3.30. The van der Waals surface area contributed by atoms with Gasteiger partial charge in [0, 0.05) is 29.4 Å². The van der Waals surface area contributed by atoms with Crippen LogP contribution >= 0.6 is 0 Å². The number of rotatable bonds is 14. The number of methoxy groups -OCH3 is 1. The molecule has 0 aliphatic heterocycles. The Balaban J connectivity index is 1.10.